The number of benzene rings is 1. The molecule has 1 aromatic carbocycles. The van der Waals surface area contributed by atoms with Crippen LogP contribution < -0.4 is 9.80 Å². The summed E-state index contributed by atoms with van der Waals surface area (Å²) in [6.45, 7) is 6.52. The zero-order chi connectivity index (χ0) is 15.6. The Labute approximate surface area is 139 Å². The molecular formula is C19H27N3O. The van der Waals surface area contributed by atoms with Gasteiger partial charge >= 0.3 is 0 Å². The largest absolute Gasteiger partial charge is 0.367 e. The van der Waals surface area contributed by atoms with Crippen molar-refractivity contribution >= 4 is 17.3 Å². The molecule has 23 heavy (non-hydrogen) atoms. The van der Waals surface area contributed by atoms with Crippen LogP contribution in [0.3, 0.4) is 0 Å². The van der Waals surface area contributed by atoms with E-state index in [1.807, 2.05) is 4.90 Å². The summed E-state index contributed by atoms with van der Waals surface area (Å²) in [5, 5.41) is 0. The summed E-state index contributed by atoms with van der Waals surface area (Å²) >= 11 is 0. The van der Waals surface area contributed by atoms with E-state index in [0.29, 0.717) is 11.8 Å². The highest BCUT2D eigenvalue weighted by molar-refractivity contribution is 6.00. The number of piperidine rings is 1. The average Bonchev–Trinajstić information content (AvgIpc) is 3.45. The van der Waals surface area contributed by atoms with Crippen LogP contribution >= 0.6 is 0 Å². The van der Waals surface area contributed by atoms with Crippen LogP contribution in [0.4, 0.5) is 11.4 Å². The van der Waals surface area contributed by atoms with Gasteiger partial charge in [0.05, 0.1) is 11.4 Å². The molecular weight excluding hydrogens is 286 g/mol. The minimum atomic E-state index is 0.294. The fraction of sp³-hybridized carbons (Fsp3) is 0.632. The Morgan fingerprint density at radius 2 is 1.65 bits per heavy atom. The van der Waals surface area contributed by atoms with Crippen molar-refractivity contribution in [3.05, 3.63) is 24.3 Å². The molecule has 0 N–H and O–H groups in total. The van der Waals surface area contributed by atoms with Crippen molar-refractivity contribution in [1.29, 1.82) is 0 Å². The molecule has 0 unspecified atom stereocenters. The van der Waals surface area contributed by atoms with Crippen molar-refractivity contribution in [2.75, 3.05) is 49.1 Å². The Hall–Kier alpha value is -1.55. The number of fused-ring (bicyclic) bond motifs is 1. The lowest BCUT2D eigenvalue weighted by Crippen LogP contribution is -2.47. The minimum Gasteiger partial charge on any atom is -0.367 e. The molecule has 1 aromatic rings. The van der Waals surface area contributed by atoms with E-state index in [-0.39, 0.29) is 0 Å². The van der Waals surface area contributed by atoms with Gasteiger partial charge in [0.25, 0.3) is 0 Å². The van der Waals surface area contributed by atoms with Crippen molar-refractivity contribution in [3.8, 4) is 0 Å². The minimum absolute atomic E-state index is 0.294. The van der Waals surface area contributed by atoms with Crippen LogP contribution in [-0.2, 0) is 4.79 Å². The van der Waals surface area contributed by atoms with Crippen LogP contribution in [-0.4, -0.2) is 50.1 Å². The van der Waals surface area contributed by atoms with Gasteiger partial charge in [0.1, 0.15) is 0 Å². The van der Waals surface area contributed by atoms with Crippen molar-refractivity contribution in [1.82, 2.24) is 4.90 Å². The maximum atomic E-state index is 12.5. The molecule has 124 valence electrons. The van der Waals surface area contributed by atoms with Crippen LogP contribution in [0.5, 0.6) is 0 Å². The van der Waals surface area contributed by atoms with Crippen LogP contribution in [0.25, 0.3) is 0 Å². The highest BCUT2D eigenvalue weighted by Gasteiger charge is 2.36. The second-order valence-corrected chi connectivity index (χ2v) is 7.14. The average molecular weight is 313 g/mol. The zero-order valence-corrected chi connectivity index (χ0v) is 13.9. The second-order valence-electron chi connectivity index (χ2n) is 7.14. The summed E-state index contributed by atoms with van der Waals surface area (Å²) in [6, 6.07) is 8.44. The van der Waals surface area contributed by atoms with Crippen LogP contribution in [0.15, 0.2) is 24.3 Å². The number of para-hydroxylation sites is 2. The third kappa shape index (κ3) is 3.23. The van der Waals surface area contributed by atoms with E-state index in [1.54, 1.807) is 0 Å². The topological polar surface area (TPSA) is 26.8 Å². The van der Waals surface area contributed by atoms with Crippen LogP contribution in [0, 0.1) is 5.92 Å². The molecule has 4 heteroatoms. The number of hydrogen-bond donors (Lipinski definition) is 0. The number of carbonyl (C=O) groups is 1. The first-order valence-electron chi connectivity index (χ1n) is 9.20. The lowest BCUT2D eigenvalue weighted by atomic mass is 10.1. The number of anilines is 2. The van der Waals surface area contributed by atoms with Crippen LogP contribution in [0.2, 0.25) is 0 Å². The third-order valence-electron chi connectivity index (χ3n) is 5.43. The van der Waals surface area contributed by atoms with Crippen molar-refractivity contribution in [2.24, 2.45) is 5.92 Å². The molecule has 3 aliphatic rings. The summed E-state index contributed by atoms with van der Waals surface area (Å²) in [7, 11) is 0. The quantitative estimate of drug-likeness (QED) is 0.855. The Bertz CT molecular complexity index is 563. The molecule has 0 atom stereocenters. The predicted molar refractivity (Wildman–Crippen MR) is 94.0 cm³/mol. The summed E-state index contributed by atoms with van der Waals surface area (Å²) in [4.78, 5) is 19.6. The first-order valence-corrected chi connectivity index (χ1v) is 9.20. The summed E-state index contributed by atoms with van der Waals surface area (Å²) < 4.78 is 0. The highest BCUT2D eigenvalue weighted by atomic mass is 16.2. The van der Waals surface area contributed by atoms with Gasteiger partial charge in [-0.25, -0.2) is 0 Å². The predicted octanol–water partition coefficient (Wildman–Crippen LogP) is 2.74. The highest BCUT2D eigenvalue weighted by Crippen LogP contribution is 2.38. The Balaban J connectivity index is 1.46. The number of rotatable bonds is 4. The van der Waals surface area contributed by atoms with Crippen molar-refractivity contribution < 1.29 is 4.79 Å². The van der Waals surface area contributed by atoms with Gasteiger partial charge in [-0.05, 0) is 50.9 Å². The standard InChI is InChI=1S/C19H27N3O/c23-19(16-8-9-16)22-15-14-21(17-6-2-3-7-18(17)22)13-12-20-10-4-1-5-11-20/h2-3,6-7,16H,1,4-5,8-15H2. The van der Waals surface area contributed by atoms with Crippen molar-refractivity contribution in [2.45, 2.75) is 32.1 Å². The molecule has 4 rings (SSSR count). The lowest BCUT2D eigenvalue weighted by molar-refractivity contribution is -0.119. The Kier molecular flexibility index (Phi) is 4.25. The molecule has 1 amide bonds. The number of hydrogen-bond acceptors (Lipinski definition) is 3. The molecule has 1 saturated heterocycles. The van der Waals surface area contributed by atoms with Gasteiger partial charge in [0.15, 0.2) is 0 Å². The number of amides is 1. The van der Waals surface area contributed by atoms with E-state index < -0.39 is 0 Å². The number of carbonyl (C=O) groups excluding carboxylic acids is 1. The van der Waals surface area contributed by atoms with Gasteiger partial charge in [-0.15, -0.1) is 0 Å². The number of likely N-dealkylation sites (tertiary alicyclic amines) is 1. The first-order chi connectivity index (χ1) is 11.3. The first kappa shape index (κ1) is 15.0. The molecule has 0 bridgehead atoms. The fourth-order valence-corrected chi connectivity index (χ4v) is 3.88. The van der Waals surface area contributed by atoms with Gasteiger partial charge in [0, 0.05) is 32.1 Å². The van der Waals surface area contributed by atoms with Gasteiger partial charge in [-0.3, -0.25) is 4.79 Å². The van der Waals surface area contributed by atoms with Gasteiger partial charge in [0.2, 0.25) is 5.91 Å². The molecule has 1 saturated carbocycles. The zero-order valence-electron chi connectivity index (χ0n) is 13.9. The molecule has 0 radical (unpaired) electrons. The third-order valence-corrected chi connectivity index (χ3v) is 5.43. The maximum Gasteiger partial charge on any atom is 0.230 e. The second kappa shape index (κ2) is 6.52. The monoisotopic (exact) mass is 313 g/mol. The molecule has 2 heterocycles. The van der Waals surface area contributed by atoms with E-state index in [2.05, 4.69) is 34.1 Å². The van der Waals surface area contributed by atoms with Crippen molar-refractivity contribution in [3.63, 3.8) is 0 Å². The Morgan fingerprint density at radius 1 is 0.913 bits per heavy atom. The van der Waals surface area contributed by atoms with Gasteiger partial charge in [-0.1, -0.05) is 18.6 Å². The normalized spacial score (nSPS) is 22.1. The van der Waals surface area contributed by atoms with Crippen LogP contribution in [0.1, 0.15) is 32.1 Å². The smallest absolute Gasteiger partial charge is 0.230 e. The molecule has 2 aliphatic heterocycles. The number of nitrogens with zero attached hydrogens (tertiary/aromatic N) is 3. The summed E-state index contributed by atoms with van der Waals surface area (Å²) in [6.07, 6.45) is 6.24. The molecule has 1 aliphatic carbocycles. The van der Waals surface area contributed by atoms with E-state index >= 15 is 0 Å². The SMILES string of the molecule is O=C(C1CC1)N1CCN(CCN2CCCCC2)c2ccccc21. The maximum absolute atomic E-state index is 12.5. The van der Waals surface area contributed by atoms with E-state index in [4.69, 9.17) is 0 Å². The molecule has 0 aromatic heterocycles. The molecule has 4 nitrogen and oxygen atoms in total. The van der Waals surface area contributed by atoms with E-state index in [0.717, 1.165) is 44.7 Å². The molecule has 0 spiro atoms. The van der Waals surface area contributed by atoms with Gasteiger partial charge < -0.3 is 14.7 Å². The lowest BCUT2D eigenvalue weighted by Gasteiger charge is -2.39. The van der Waals surface area contributed by atoms with Gasteiger partial charge in [-0.2, -0.15) is 0 Å². The molecule has 2 fully saturated rings. The van der Waals surface area contributed by atoms with E-state index in [9.17, 15) is 4.79 Å². The summed E-state index contributed by atoms with van der Waals surface area (Å²) in [5.74, 6) is 0.635. The fourth-order valence-electron chi connectivity index (χ4n) is 3.88. The van der Waals surface area contributed by atoms with E-state index in [1.165, 1.54) is 38.0 Å². The summed E-state index contributed by atoms with van der Waals surface area (Å²) in [5.41, 5.74) is 2.36. The Morgan fingerprint density at radius 3 is 2.39 bits per heavy atom.